The van der Waals surface area contributed by atoms with Crippen LogP contribution >= 0.6 is 12.6 Å². The Balaban J connectivity index is 1.80. The first kappa shape index (κ1) is 10.8. The van der Waals surface area contributed by atoms with Crippen LogP contribution < -0.4 is 0 Å². The van der Waals surface area contributed by atoms with Gasteiger partial charge in [0.1, 0.15) is 0 Å². The third kappa shape index (κ3) is 2.11. The monoisotopic (exact) mass is 213 g/mol. The number of hydrogen-bond acceptors (Lipinski definition) is 2. The van der Waals surface area contributed by atoms with Gasteiger partial charge in [-0.15, -0.1) is 0 Å². The predicted octanol–water partition coefficient (Wildman–Crippen LogP) is 2.82. The molecule has 1 unspecified atom stereocenters. The molecule has 0 amide bonds. The summed E-state index contributed by atoms with van der Waals surface area (Å²) in [6.45, 7) is 6.35. The highest BCUT2D eigenvalue weighted by Crippen LogP contribution is 2.43. The van der Waals surface area contributed by atoms with E-state index >= 15 is 0 Å². The van der Waals surface area contributed by atoms with Crippen molar-refractivity contribution in [3.05, 3.63) is 0 Å². The van der Waals surface area contributed by atoms with Crippen molar-refractivity contribution >= 4 is 12.6 Å². The van der Waals surface area contributed by atoms with Crippen molar-refractivity contribution in [2.24, 2.45) is 11.3 Å². The molecule has 0 aromatic heterocycles. The summed E-state index contributed by atoms with van der Waals surface area (Å²) in [5.74, 6) is 2.08. The average Bonchev–Trinajstić information content (AvgIpc) is 2.59. The van der Waals surface area contributed by atoms with Crippen molar-refractivity contribution in [1.82, 2.24) is 4.90 Å². The quantitative estimate of drug-likeness (QED) is 0.703. The molecule has 2 heteroatoms. The van der Waals surface area contributed by atoms with E-state index in [1.54, 1.807) is 0 Å². The van der Waals surface area contributed by atoms with Crippen LogP contribution in [0.25, 0.3) is 0 Å². The second-order valence-electron chi connectivity index (χ2n) is 5.31. The second-order valence-corrected chi connectivity index (χ2v) is 5.63. The van der Waals surface area contributed by atoms with Crippen molar-refractivity contribution in [2.75, 3.05) is 25.4 Å². The lowest BCUT2D eigenvalue weighted by Crippen LogP contribution is -2.42. The van der Waals surface area contributed by atoms with Gasteiger partial charge in [-0.25, -0.2) is 0 Å². The summed E-state index contributed by atoms with van der Waals surface area (Å²) in [7, 11) is 0. The van der Waals surface area contributed by atoms with Gasteiger partial charge in [0.25, 0.3) is 0 Å². The fourth-order valence-corrected chi connectivity index (χ4v) is 3.32. The maximum absolute atomic E-state index is 4.52. The molecule has 0 aromatic rings. The Hall–Kier alpha value is 0.310. The number of nitrogens with zero attached hydrogens (tertiary/aromatic N) is 1. The molecule has 82 valence electrons. The molecule has 1 atom stereocenters. The zero-order chi connectivity index (χ0) is 10.0. The molecule has 1 aliphatic carbocycles. The molecule has 2 rings (SSSR count). The van der Waals surface area contributed by atoms with Crippen LogP contribution in [0.4, 0.5) is 0 Å². The van der Waals surface area contributed by atoms with Gasteiger partial charge in [0.2, 0.25) is 0 Å². The van der Waals surface area contributed by atoms with E-state index < -0.39 is 0 Å². The molecule has 0 radical (unpaired) electrons. The number of rotatable bonds is 4. The van der Waals surface area contributed by atoms with Crippen LogP contribution in [-0.4, -0.2) is 30.3 Å². The van der Waals surface area contributed by atoms with Gasteiger partial charge in [-0.2, -0.15) is 12.6 Å². The molecule has 2 fully saturated rings. The molecule has 0 aromatic carbocycles. The first-order valence-electron chi connectivity index (χ1n) is 6.11. The van der Waals surface area contributed by atoms with E-state index in [0.717, 1.165) is 11.7 Å². The summed E-state index contributed by atoms with van der Waals surface area (Å²) in [6, 6.07) is 0. The number of likely N-dealkylation sites (tertiary alicyclic amines) is 1. The van der Waals surface area contributed by atoms with Crippen LogP contribution in [-0.2, 0) is 0 Å². The zero-order valence-electron chi connectivity index (χ0n) is 9.34. The number of thiol groups is 1. The molecule has 1 aliphatic heterocycles. The van der Waals surface area contributed by atoms with Gasteiger partial charge in [0.15, 0.2) is 0 Å². The van der Waals surface area contributed by atoms with Crippen molar-refractivity contribution in [3.63, 3.8) is 0 Å². The Morgan fingerprint density at radius 1 is 1.43 bits per heavy atom. The Morgan fingerprint density at radius 2 is 2.21 bits per heavy atom. The Labute approximate surface area is 93.7 Å². The van der Waals surface area contributed by atoms with E-state index in [-0.39, 0.29) is 0 Å². The molecule has 0 N–H and O–H groups in total. The standard InChI is InChI=1S/C12H23NS/c1-2-11-4-7-13(8-11)9-12(10-14)5-3-6-12/h11,14H,2-10H2,1H3. The molecule has 1 saturated heterocycles. The van der Waals surface area contributed by atoms with Gasteiger partial charge < -0.3 is 4.90 Å². The van der Waals surface area contributed by atoms with Crippen LogP contribution in [0.15, 0.2) is 0 Å². The van der Waals surface area contributed by atoms with Crippen LogP contribution in [0.3, 0.4) is 0 Å². The fraction of sp³-hybridized carbons (Fsp3) is 1.00. The van der Waals surface area contributed by atoms with Gasteiger partial charge in [0.05, 0.1) is 0 Å². The summed E-state index contributed by atoms with van der Waals surface area (Å²) in [4.78, 5) is 2.68. The summed E-state index contributed by atoms with van der Waals surface area (Å²) in [5, 5.41) is 0. The van der Waals surface area contributed by atoms with Crippen LogP contribution in [0, 0.1) is 11.3 Å². The van der Waals surface area contributed by atoms with Gasteiger partial charge in [0, 0.05) is 13.1 Å². The third-order valence-electron chi connectivity index (χ3n) is 4.26. The summed E-state index contributed by atoms with van der Waals surface area (Å²) in [6.07, 6.45) is 7.07. The Kier molecular flexibility index (Phi) is 3.43. The molecular weight excluding hydrogens is 190 g/mol. The first-order valence-corrected chi connectivity index (χ1v) is 6.74. The maximum Gasteiger partial charge on any atom is 0.00459 e. The lowest BCUT2D eigenvalue weighted by molar-refractivity contribution is 0.102. The molecule has 1 saturated carbocycles. The first-order chi connectivity index (χ1) is 6.78. The van der Waals surface area contributed by atoms with E-state index in [1.807, 2.05) is 0 Å². The van der Waals surface area contributed by atoms with E-state index in [0.29, 0.717) is 5.41 Å². The van der Waals surface area contributed by atoms with Crippen molar-refractivity contribution < 1.29 is 0 Å². The molecule has 0 spiro atoms. The SMILES string of the molecule is CCC1CCN(CC2(CS)CCC2)C1. The van der Waals surface area contributed by atoms with E-state index in [2.05, 4.69) is 24.5 Å². The highest BCUT2D eigenvalue weighted by atomic mass is 32.1. The van der Waals surface area contributed by atoms with Gasteiger partial charge in [-0.05, 0) is 42.9 Å². The van der Waals surface area contributed by atoms with Crippen LogP contribution in [0.2, 0.25) is 0 Å². The van der Waals surface area contributed by atoms with E-state index in [9.17, 15) is 0 Å². The molecule has 2 aliphatic rings. The highest BCUT2D eigenvalue weighted by Gasteiger charge is 2.38. The smallest absolute Gasteiger partial charge is 0.00459 e. The van der Waals surface area contributed by atoms with Crippen molar-refractivity contribution in [1.29, 1.82) is 0 Å². The van der Waals surface area contributed by atoms with E-state index in [4.69, 9.17) is 0 Å². The van der Waals surface area contributed by atoms with Gasteiger partial charge in [-0.1, -0.05) is 19.8 Å². The normalized spacial score (nSPS) is 31.7. The van der Waals surface area contributed by atoms with E-state index in [1.165, 1.54) is 51.7 Å². The molecule has 14 heavy (non-hydrogen) atoms. The predicted molar refractivity (Wildman–Crippen MR) is 65.0 cm³/mol. The topological polar surface area (TPSA) is 3.24 Å². The Morgan fingerprint density at radius 3 is 2.64 bits per heavy atom. The summed E-state index contributed by atoms with van der Waals surface area (Å²) in [5.41, 5.74) is 0.603. The summed E-state index contributed by atoms with van der Waals surface area (Å²) >= 11 is 4.52. The third-order valence-corrected chi connectivity index (χ3v) is 4.93. The van der Waals surface area contributed by atoms with Gasteiger partial charge in [-0.3, -0.25) is 0 Å². The molecular formula is C12H23NS. The van der Waals surface area contributed by atoms with Crippen molar-refractivity contribution in [3.8, 4) is 0 Å². The second kappa shape index (κ2) is 4.44. The molecule has 0 bridgehead atoms. The number of hydrogen-bond donors (Lipinski definition) is 1. The Bertz CT molecular complexity index is 183. The minimum atomic E-state index is 0.603. The summed E-state index contributed by atoms with van der Waals surface area (Å²) < 4.78 is 0. The lowest BCUT2D eigenvalue weighted by Gasteiger charge is -2.43. The molecule has 1 nitrogen and oxygen atoms in total. The minimum Gasteiger partial charge on any atom is -0.302 e. The average molecular weight is 213 g/mol. The molecule has 1 heterocycles. The lowest BCUT2D eigenvalue weighted by atomic mass is 9.70. The van der Waals surface area contributed by atoms with Crippen LogP contribution in [0.5, 0.6) is 0 Å². The minimum absolute atomic E-state index is 0.603. The van der Waals surface area contributed by atoms with Crippen molar-refractivity contribution in [2.45, 2.75) is 39.0 Å². The van der Waals surface area contributed by atoms with Crippen LogP contribution in [0.1, 0.15) is 39.0 Å². The maximum atomic E-state index is 4.52. The fourth-order valence-electron chi connectivity index (χ4n) is 2.91. The van der Waals surface area contributed by atoms with Gasteiger partial charge >= 0.3 is 0 Å². The largest absolute Gasteiger partial charge is 0.302 e. The zero-order valence-corrected chi connectivity index (χ0v) is 10.2. The highest BCUT2D eigenvalue weighted by molar-refractivity contribution is 7.80.